The molecule has 124 valence electrons. The molecule has 1 amide bonds. The molecule has 2 aromatic rings. The lowest BCUT2D eigenvalue weighted by Gasteiger charge is -2.31. The molecule has 0 radical (unpaired) electrons. The summed E-state index contributed by atoms with van der Waals surface area (Å²) in [7, 11) is 0. The molecule has 0 aliphatic heterocycles. The number of para-hydroxylation sites is 1. The van der Waals surface area contributed by atoms with Crippen LogP contribution in [0.5, 0.6) is 0 Å². The number of aliphatic hydroxyl groups excluding tert-OH is 1. The predicted octanol–water partition coefficient (Wildman–Crippen LogP) is 2.79. The van der Waals surface area contributed by atoms with E-state index >= 15 is 0 Å². The van der Waals surface area contributed by atoms with E-state index in [0.717, 1.165) is 18.5 Å². The third-order valence-corrected chi connectivity index (χ3v) is 4.61. The average molecular weight is 315 g/mol. The van der Waals surface area contributed by atoms with Gasteiger partial charge in [0.1, 0.15) is 0 Å². The van der Waals surface area contributed by atoms with Gasteiger partial charge < -0.3 is 10.4 Å². The molecule has 5 nitrogen and oxygen atoms in total. The number of nitrogens with one attached hydrogen (secondary N) is 1. The van der Waals surface area contributed by atoms with Crippen LogP contribution in [0.1, 0.15) is 43.6 Å². The Morgan fingerprint density at radius 2 is 1.91 bits per heavy atom. The van der Waals surface area contributed by atoms with Crippen molar-refractivity contribution in [1.82, 2.24) is 15.1 Å². The molecule has 5 heteroatoms. The van der Waals surface area contributed by atoms with Gasteiger partial charge in [-0.15, -0.1) is 0 Å². The van der Waals surface area contributed by atoms with E-state index in [1.165, 1.54) is 0 Å². The Bertz CT molecular complexity index is 618. The number of hydrogen-bond donors (Lipinski definition) is 2. The Balaban J connectivity index is 2.03. The van der Waals surface area contributed by atoms with Gasteiger partial charge >= 0.3 is 0 Å². The van der Waals surface area contributed by atoms with Gasteiger partial charge in [0.2, 0.25) is 0 Å². The minimum Gasteiger partial charge on any atom is -0.396 e. The quantitative estimate of drug-likeness (QED) is 0.787. The number of aliphatic hydroxyl groups is 1. The highest BCUT2D eigenvalue weighted by atomic mass is 16.3. The molecule has 2 N–H and O–H groups in total. The topological polar surface area (TPSA) is 67.2 Å². The summed E-state index contributed by atoms with van der Waals surface area (Å²) < 4.78 is 1.69. The van der Waals surface area contributed by atoms with Crippen molar-refractivity contribution in [2.45, 2.75) is 33.1 Å². The molecule has 2 rings (SSSR count). The van der Waals surface area contributed by atoms with E-state index in [4.69, 9.17) is 0 Å². The standard InChI is InChI=1S/C18H25N3O2/c1-3-18(4-2,11-13-22)14-19-17(23)16-10-12-21(20-16)15-8-6-5-7-9-15/h5-10,12,22H,3-4,11,13-14H2,1-2H3,(H,19,23). The Labute approximate surface area is 137 Å². The van der Waals surface area contributed by atoms with Crippen molar-refractivity contribution in [3.05, 3.63) is 48.3 Å². The fourth-order valence-electron chi connectivity index (χ4n) is 2.71. The Morgan fingerprint density at radius 1 is 1.22 bits per heavy atom. The summed E-state index contributed by atoms with van der Waals surface area (Å²) in [6, 6.07) is 11.4. The Hall–Kier alpha value is -2.14. The molecule has 23 heavy (non-hydrogen) atoms. The van der Waals surface area contributed by atoms with Crippen molar-refractivity contribution in [2.24, 2.45) is 5.41 Å². The van der Waals surface area contributed by atoms with E-state index < -0.39 is 0 Å². The van der Waals surface area contributed by atoms with Crippen LogP contribution in [-0.4, -0.2) is 33.9 Å². The second kappa shape index (κ2) is 7.92. The predicted molar refractivity (Wildman–Crippen MR) is 90.6 cm³/mol. The molecule has 0 aliphatic rings. The molecule has 0 bridgehead atoms. The fraction of sp³-hybridized carbons (Fsp3) is 0.444. The summed E-state index contributed by atoms with van der Waals surface area (Å²) in [5.74, 6) is -0.177. The number of hydrogen-bond acceptors (Lipinski definition) is 3. The Kier molecular flexibility index (Phi) is 5.93. The number of benzene rings is 1. The van der Waals surface area contributed by atoms with E-state index in [9.17, 15) is 9.90 Å². The molecule has 0 aliphatic carbocycles. The first-order valence-electron chi connectivity index (χ1n) is 8.14. The number of amides is 1. The van der Waals surface area contributed by atoms with Crippen LogP contribution in [0.25, 0.3) is 5.69 Å². The first-order chi connectivity index (χ1) is 11.1. The maximum atomic E-state index is 12.3. The summed E-state index contributed by atoms with van der Waals surface area (Å²) in [5, 5.41) is 16.5. The molecule has 0 saturated heterocycles. The molecule has 0 atom stereocenters. The number of carbonyl (C=O) groups excluding carboxylic acids is 1. The first kappa shape index (κ1) is 17.2. The maximum absolute atomic E-state index is 12.3. The molecule has 0 unspecified atom stereocenters. The van der Waals surface area contributed by atoms with Crippen LogP contribution in [0, 0.1) is 5.41 Å². The lowest BCUT2D eigenvalue weighted by Crippen LogP contribution is -2.37. The fourth-order valence-corrected chi connectivity index (χ4v) is 2.71. The largest absolute Gasteiger partial charge is 0.396 e. The van der Waals surface area contributed by atoms with Gasteiger partial charge in [0.05, 0.1) is 5.69 Å². The van der Waals surface area contributed by atoms with Crippen LogP contribution >= 0.6 is 0 Å². The lowest BCUT2D eigenvalue weighted by atomic mass is 9.79. The molecule has 0 fully saturated rings. The van der Waals surface area contributed by atoms with E-state index in [0.29, 0.717) is 18.7 Å². The van der Waals surface area contributed by atoms with E-state index in [-0.39, 0.29) is 17.9 Å². The van der Waals surface area contributed by atoms with Gasteiger partial charge in [0, 0.05) is 19.3 Å². The highest BCUT2D eigenvalue weighted by molar-refractivity contribution is 5.92. The van der Waals surface area contributed by atoms with Gasteiger partial charge in [-0.3, -0.25) is 4.79 Å². The van der Waals surface area contributed by atoms with Crippen LogP contribution in [0.15, 0.2) is 42.6 Å². The number of rotatable bonds is 8. The van der Waals surface area contributed by atoms with Gasteiger partial charge in [-0.2, -0.15) is 5.10 Å². The van der Waals surface area contributed by atoms with Crippen molar-refractivity contribution < 1.29 is 9.90 Å². The summed E-state index contributed by atoms with van der Waals surface area (Å²) in [6.45, 7) is 4.88. The van der Waals surface area contributed by atoms with Crippen LogP contribution < -0.4 is 5.32 Å². The number of aromatic nitrogens is 2. The van der Waals surface area contributed by atoms with Crippen LogP contribution in [-0.2, 0) is 0 Å². The zero-order valence-corrected chi connectivity index (χ0v) is 13.8. The van der Waals surface area contributed by atoms with Crippen LogP contribution in [0.3, 0.4) is 0 Å². The lowest BCUT2D eigenvalue weighted by molar-refractivity contribution is 0.0902. The summed E-state index contributed by atoms with van der Waals surface area (Å²) in [5.41, 5.74) is 1.27. The molecule has 0 saturated carbocycles. The molecule has 1 aromatic carbocycles. The summed E-state index contributed by atoms with van der Waals surface area (Å²) in [4.78, 5) is 12.3. The first-order valence-corrected chi connectivity index (χ1v) is 8.14. The maximum Gasteiger partial charge on any atom is 0.271 e. The van der Waals surface area contributed by atoms with Crippen molar-refractivity contribution >= 4 is 5.91 Å². The Morgan fingerprint density at radius 3 is 2.52 bits per heavy atom. The average Bonchev–Trinajstić information content (AvgIpc) is 3.09. The third-order valence-electron chi connectivity index (χ3n) is 4.61. The third kappa shape index (κ3) is 4.20. The second-order valence-corrected chi connectivity index (χ2v) is 5.84. The smallest absolute Gasteiger partial charge is 0.271 e. The van der Waals surface area contributed by atoms with Crippen molar-refractivity contribution in [3.63, 3.8) is 0 Å². The van der Waals surface area contributed by atoms with E-state index in [1.807, 2.05) is 30.3 Å². The van der Waals surface area contributed by atoms with Gasteiger partial charge in [0.25, 0.3) is 5.91 Å². The molecule has 0 spiro atoms. The number of nitrogens with zero attached hydrogens (tertiary/aromatic N) is 2. The molecular weight excluding hydrogens is 290 g/mol. The molecular formula is C18H25N3O2. The van der Waals surface area contributed by atoms with Crippen LogP contribution in [0.2, 0.25) is 0 Å². The van der Waals surface area contributed by atoms with Crippen molar-refractivity contribution in [2.75, 3.05) is 13.2 Å². The SMILES string of the molecule is CCC(CC)(CCO)CNC(=O)c1ccn(-c2ccccc2)n1. The van der Waals surface area contributed by atoms with E-state index in [1.54, 1.807) is 16.9 Å². The summed E-state index contributed by atoms with van der Waals surface area (Å²) in [6.07, 6.45) is 4.31. The van der Waals surface area contributed by atoms with E-state index in [2.05, 4.69) is 24.3 Å². The summed E-state index contributed by atoms with van der Waals surface area (Å²) >= 11 is 0. The monoisotopic (exact) mass is 315 g/mol. The van der Waals surface area contributed by atoms with Crippen LogP contribution in [0.4, 0.5) is 0 Å². The van der Waals surface area contributed by atoms with Gasteiger partial charge in [-0.25, -0.2) is 4.68 Å². The van der Waals surface area contributed by atoms with Gasteiger partial charge in [-0.05, 0) is 42.9 Å². The highest BCUT2D eigenvalue weighted by Crippen LogP contribution is 2.29. The van der Waals surface area contributed by atoms with Gasteiger partial charge in [0.15, 0.2) is 5.69 Å². The van der Waals surface area contributed by atoms with Gasteiger partial charge in [-0.1, -0.05) is 32.0 Å². The highest BCUT2D eigenvalue weighted by Gasteiger charge is 2.26. The minimum atomic E-state index is -0.177. The van der Waals surface area contributed by atoms with Crippen molar-refractivity contribution in [1.29, 1.82) is 0 Å². The molecule has 1 heterocycles. The zero-order valence-electron chi connectivity index (χ0n) is 13.8. The zero-order chi connectivity index (χ0) is 16.7. The normalized spacial score (nSPS) is 11.4. The van der Waals surface area contributed by atoms with Crippen molar-refractivity contribution in [3.8, 4) is 5.69 Å². The number of carbonyl (C=O) groups is 1. The second-order valence-electron chi connectivity index (χ2n) is 5.84. The molecule has 1 aromatic heterocycles. The minimum absolute atomic E-state index is 0.0492.